The summed E-state index contributed by atoms with van der Waals surface area (Å²) in [7, 11) is 1.54. The second kappa shape index (κ2) is 9.96. The van der Waals surface area contributed by atoms with Gasteiger partial charge in [-0.3, -0.25) is 9.59 Å². The maximum atomic E-state index is 12.0. The Hall–Kier alpha value is -3.35. The predicted octanol–water partition coefficient (Wildman–Crippen LogP) is 2.63. The van der Waals surface area contributed by atoms with Crippen LogP contribution in [0.4, 0.5) is 5.69 Å². The number of hydrogen-bond acceptors (Lipinski definition) is 5. The van der Waals surface area contributed by atoms with E-state index in [4.69, 9.17) is 9.47 Å². The highest BCUT2D eigenvalue weighted by atomic mass is 16.5. The lowest BCUT2D eigenvalue weighted by Crippen LogP contribution is -2.21. The van der Waals surface area contributed by atoms with Crippen molar-refractivity contribution >= 4 is 23.5 Å². The summed E-state index contributed by atoms with van der Waals surface area (Å²) in [5, 5.41) is 5.11. The molecular weight excluding hydrogens is 348 g/mol. The highest BCUT2D eigenvalue weighted by Gasteiger charge is 2.11. The van der Waals surface area contributed by atoms with Gasteiger partial charge in [-0.15, -0.1) is 0 Å². The maximum Gasteiger partial charge on any atom is 0.338 e. The van der Waals surface area contributed by atoms with Crippen LogP contribution in [-0.4, -0.2) is 38.0 Å². The molecule has 0 bridgehead atoms. The average molecular weight is 370 g/mol. The molecule has 0 fully saturated rings. The maximum absolute atomic E-state index is 12.0. The number of rotatable bonds is 8. The van der Waals surface area contributed by atoms with E-state index in [0.717, 1.165) is 6.42 Å². The molecule has 0 radical (unpaired) electrons. The Morgan fingerprint density at radius 1 is 0.926 bits per heavy atom. The summed E-state index contributed by atoms with van der Waals surface area (Å²) in [4.78, 5) is 35.4. The van der Waals surface area contributed by atoms with Gasteiger partial charge in [-0.2, -0.15) is 0 Å². The topological polar surface area (TPSA) is 93.7 Å². The van der Waals surface area contributed by atoms with E-state index in [1.165, 1.54) is 7.05 Å². The van der Waals surface area contributed by atoms with Crippen molar-refractivity contribution in [1.82, 2.24) is 5.32 Å². The lowest BCUT2D eigenvalue weighted by atomic mass is 10.2. The number of ether oxygens (including phenoxy) is 2. The van der Waals surface area contributed by atoms with Crippen molar-refractivity contribution < 1.29 is 23.9 Å². The fraction of sp³-hybridized carbons (Fsp3) is 0.250. The lowest BCUT2D eigenvalue weighted by molar-refractivity contribution is -0.119. The minimum absolute atomic E-state index is 0.215. The molecule has 0 atom stereocenters. The summed E-state index contributed by atoms with van der Waals surface area (Å²) in [5.74, 6) is -0.611. The Kier molecular flexibility index (Phi) is 7.37. The highest BCUT2D eigenvalue weighted by molar-refractivity contribution is 5.97. The SMILES string of the molecule is CCCOc1ccc(C(=O)OCC(=O)Nc2ccc(C(=O)NC)cc2)cc1. The molecule has 142 valence electrons. The molecule has 2 aromatic carbocycles. The molecule has 2 N–H and O–H groups in total. The number of carbonyl (C=O) groups is 3. The summed E-state index contributed by atoms with van der Waals surface area (Å²) in [5.41, 5.74) is 1.32. The van der Waals surface area contributed by atoms with E-state index in [-0.39, 0.29) is 5.91 Å². The van der Waals surface area contributed by atoms with Crippen molar-refractivity contribution in [1.29, 1.82) is 0 Å². The van der Waals surface area contributed by atoms with E-state index < -0.39 is 18.5 Å². The van der Waals surface area contributed by atoms with Gasteiger partial charge < -0.3 is 20.1 Å². The molecule has 7 nitrogen and oxygen atoms in total. The van der Waals surface area contributed by atoms with Gasteiger partial charge >= 0.3 is 5.97 Å². The number of nitrogens with one attached hydrogen (secondary N) is 2. The van der Waals surface area contributed by atoms with Gasteiger partial charge in [-0.25, -0.2) is 4.79 Å². The van der Waals surface area contributed by atoms with Crippen molar-refractivity contribution in [3.63, 3.8) is 0 Å². The van der Waals surface area contributed by atoms with Gasteiger partial charge in [-0.05, 0) is 55.0 Å². The quantitative estimate of drug-likeness (QED) is 0.697. The number of esters is 1. The zero-order valence-corrected chi connectivity index (χ0v) is 15.3. The molecule has 0 aromatic heterocycles. The van der Waals surface area contributed by atoms with E-state index in [9.17, 15) is 14.4 Å². The van der Waals surface area contributed by atoms with Crippen LogP contribution in [0.2, 0.25) is 0 Å². The number of carbonyl (C=O) groups excluding carboxylic acids is 3. The standard InChI is InChI=1S/C20H22N2O5/c1-3-12-26-17-10-6-15(7-11-17)20(25)27-13-18(23)22-16-8-4-14(5-9-16)19(24)21-2/h4-11H,3,12-13H2,1-2H3,(H,21,24)(H,22,23). The Labute approximate surface area is 157 Å². The molecule has 0 unspecified atom stereocenters. The summed E-state index contributed by atoms with van der Waals surface area (Å²) in [6.07, 6.45) is 0.896. The Bertz CT molecular complexity index is 785. The molecule has 27 heavy (non-hydrogen) atoms. The Balaban J connectivity index is 1.82. The first kappa shape index (κ1) is 20.0. The van der Waals surface area contributed by atoms with Gasteiger partial charge in [0.15, 0.2) is 6.61 Å². The molecule has 7 heteroatoms. The van der Waals surface area contributed by atoms with Crippen molar-refractivity contribution in [2.45, 2.75) is 13.3 Å². The lowest BCUT2D eigenvalue weighted by Gasteiger charge is -2.08. The van der Waals surface area contributed by atoms with Crippen LogP contribution in [0.1, 0.15) is 34.1 Å². The third-order valence-electron chi connectivity index (χ3n) is 3.56. The second-order valence-electron chi connectivity index (χ2n) is 5.65. The van der Waals surface area contributed by atoms with Crippen LogP contribution in [-0.2, 0) is 9.53 Å². The first-order valence-corrected chi connectivity index (χ1v) is 8.55. The van der Waals surface area contributed by atoms with Crippen LogP contribution >= 0.6 is 0 Å². The third kappa shape index (κ3) is 6.14. The average Bonchev–Trinajstić information content (AvgIpc) is 2.70. The van der Waals surface area contributed by atoms with Crippen molar-refractivity contribution in [3.8, 4) is 5.75 Å². The van der Waals surface area contributed by atoms with E-state index >= 15 is 0 Å². The fourth-order valence-corrected chi connectivity index (χ4v) is 2.17. The molecule has 0 aliphatic rings. The number of amides is 2. The highest BCUT2D eigenvalue weighted by Crippen LogP contribution is 2.13. The summed E-state index contributed by atoms with van der Waals surface area (Å²) in [6.45, 7) is 2.20. The zero-order chi connectivity index (χ0) is 19.6. The molecule has 2 rings (SSSR count). The number of hydrogen-bond donors (Lipinski definition) is 2. The van der Waals surface area contributed by atoms with Crippen LogP contribution in [0.3, 0.4) is 0 Å². The predicted molar refractivity (Wildman–Crippen MR) is 101 cm³/mol. The fourth-order valence-electron chi connectivity index (χ4n) is 2.17. The molecule has 0 saturated carbocycles. The number of benzene rings is 2. The van der Waals surface area contributed by atoms with E-state index in [1.54, 1.807) is 48.5 Å². The van der Waals surface area contributed by atoms with Gasteiger partial charge in [0.2, 0.25) is 0 Å². The minimum Gasteiger partial charge on any atom is -0.494 e. The summed E-state index contributed by atoms with van der Waals surface area (Å²) in [6, 6.07) is 12.9. The van der Waals surface area contributed by atoms with Crippen LogP contribution in [0, 0.1) is 0 Å². The second-order valence-corrected chi connectivity index (χ2v) is 5.65. The third-order valence-corrected chi connectivity index (χ3v) is 3.56. The molecule has 0 heterocycles. The van der Waals surface area contributed by atoms with Gasteiger partial charge in [0, 0.05) is 18.3 Å². The molecule has 2 amide bonds. The van der Waals surface area contributed by atoms with Crippen LogP contribution in [0.25, 0.3) is 0 Å². The van der Waals surface area contributed by atoms with E-state index in [2.05, 4.69) is 10.6 Å². The van der Waals surface area contributed by atoms with Gasteiger partial charge in [0.05, 0.1) is 12.2 Å². The van der Waals surface area contributed by atoms with Crippen LogP contribution < -0.4 is 15.4 Å². The summed E-state index contributed by atoms with van der Waals surface area (Å²) < 4.78 is 10.5. The van der Waals surface area contributed by atoms with E-state index in [1.807, 2.05) is 6.92 Å². The van der Waals surface area contributed by atoms with E-state index in [0.29, 0.717) is 29.2 Å². The van der Waals surface area contributed by atoms with Crippen molar-refractivity contribution in [3.05, 3.63) is 59.7 Å². The molecule has 0 saturated heterocycles. The van der Waals surface area contributed by atoms with Gasteiger partial charge in [0.1, 0.15) is 5.75 Å². The first-order chi connectivity index (χ1) is 13.0. The molecular formula is C20H22N2O5. The molecule has 0 aliphatic carbocycles. The van der Waals surface area contributed by atoms with Gasteiger partial charge in [-0.1, -0.05) is 6.92 Å². The molecule has 0 aliphatic heterocycles. The summed E-state index contributed by atoms with van der Waals surface area (Å²) >= 11 is 0. The minimum atomic E-state index is -0.595. The smallest absolute Gasteiger partial charge is 0.338 e. The Morgan fingerprint density at radius 3 is 2.15 bits per heavy atom. The largest absolute Gasteiger partial charge is 0.494 e. The molecule has 2 aromatic rings. The monoisotopic (exact) mass is 370 g/mol. The Morgan fingerprint density at radius 2 is 1.56 bits per heavy atom. The van der Waals surface area contributed by atoms with Crippen LogP contribution in [0.15, 0.2) is 48.5 Å². The first-order valence-electron chi connectivity index (χ1n) is 8.55. The van der Waals surface area contributed by atoms with Crippen molar-refractivity contribution in [2.24, 2.45) is 0 Å². The van der Waals surface area contributed by atoms with Crippen molar-refractivity contribution in [2.75, 3.05) is 25.6 Å². The van der Waals surface area contributed by atoms with Crippen LogP contribution in [0.5, 0.6) is 5.75 Å². The zero-order valence-electron chi connectivity index (χ0n) is 15.3. The normalized spacial score (nSPS) is 10.0. The number of anilines is 1. The molecule has 0 spiro atoms. The van der Waals surface area contributed by atoms with Gasteiger partial charge in [0.25, 0.3) is 11.8 Å².